The summed E-state index contributed by atoms with van der Waals surface area (Å²) in [5, 5.41) is 0. The fourth-order valence-corrected chi connectivity index (χ4v) is 3.51. The van der Waals surface area contributed by atoms with E-state index in [0.717, 1.165) is 22.4 Å². The first-order chi connectivity index (χ1) is 18.2. The number of hydrogen-bond donors (Lipinski definition) is 0. The lowest BCUT2D eigenvalue weighted by atomic mass is 9.88. The van der Waals surface area contributed by atoms with Crippen molar-refractivity contribution in [2.24, 2.45) is 5.41 Å². The van der Waals surface area contributed by atoms with E-state index in [4.69, 9.17) is 18.9 Å². The minimum absolute atomic E-state index is 0.232. The van der Waals surface area contributed by atoms with Crippen LogP contribution in [-0.4, -0.2) is 38.4 Å². The molecule has 0 unspecified atom stereocenters. The molecule has 0 saturated carbocycles. The topological polar surface area (TPSA) is 71.1 Å². The van der Waals surface area contributed by atoms with Gasteiger partial charge in [0.15, 0.2) is 0 Å². The van der Waals surface area contributed by atoms with E-state index < -0.39 is 11.9 Å². The van der Waals surface area contributed by atoms with Crippen LogP contribution in [0.3, 0.4) is 0 Å². The molecule has 1 heterocycles. The lowest BCUT2D eigenvalue weighted by Gasteiger charge is -2.40. The predicted octanol–water partition coefficient (Wildman–Crippen LogP) is 6.05. The summed E-state index contributed by atoms with van der Waals surface area (Å²) in [5.41, 5.74) is 3.35. The number of benzene rings is 2. The molecule has 0 aromatic heterocycles. The fourth-order valence-electron chi connectivity index (χ4n) is 3.51. The molecule has 0 spiro atoms. The van der Waals surface area contributed by atoms with E-state index in [1.807, 2.05) is 54.6 Å². The smallest absolute Gasteiger partial charge is 0.338 e. The Morgan fingerprint density at radius 3 is 2.29 bits per heavy atom. The van der Waals surface area contributed by atoms with Crippen molar-refractivity contribution in [2.75, 3.05) is 26.4 Å². The monoisotopic (exact) mass is 514 g/mol. The molecule has 198 valence electrons. The molecule has 1 saturated heterocycles. The van der Waals surface area contributed by atoms with Gasteiger partial charge in [0.05, 0.1) is 18.6 Å². The minimum atomic E-state index is -0.458. The van der Waals surface area contributed by atoms with Crippen LogP contribution in [0.4, 0.5) is 0 Å². The second-order valence-corrected chi connectivity index (χ2v) is 9.44. The van der Waals surface area contributed by atoms with Crippen LogP contribution in [0, 0.1) is 5.41 Å². The van der Waals surface area contributed by atoms with Crippen molar-refractivity contribution in [3.8, 4) is 11.5 Å². The van der Waals surface area contributed by atoms with Crippen molar-refractivity contribution >= 4 is 17.5 Å². The van der Waals surface area contributed by atoms with E-state index in [0.29, 0.717) is 43.1 Å². The average Bonchev–Trinajstić information content (AvgIpc) is 2.88. The highest BCUT2D eigenvalue weighted by molar-refractivity contribution is 5.89. The van der Waals surface area contributed by atoms with Crippen LogP contribution in [0.5, 0.6) is 11.5 Å². The highest BCUT2D eigenvalue weighted by Crippen LogP contribution is 2.30. The normalized spacial score (nSPS) is 14.3. The largest absolute Gasteiger partial charge is 0.493 e. The quantitative estimate of drug-likeness (QED) is 0.140. The summed E-state index contributed by atoms with van der Waals surface area (Å²) < 4.78 is 22.1. The van der Waals surface area contributed by atoms with Gasteiger partial charge in [0.25, 0.3) is 0 Å². The van der Waals surface area contributed by atoms with Gasteiger partial charge in [-0.15, -0.1) is 0 Å². The van der Waals surface area contributed by atoms with Crippen molar-refractivity contribution < 1.29 is 28.5 Å². The maximum absolute atomic E-state index is 11.9. The van der Waals surface area contributed by atoms with Crippen LogP contribution < -0.4 is 9.47 Å². The summed E-state index contributed by atoms with van der Waals surface area (Å²) >= 11 is 0. The summed E-state index contributed by atoms with van der Waals surface area (Å²) in [6, 6.07) is 15.2. The van der Waals surface area contributed by atoms with Gasteiger partial charge < -0.3 is 18.9 Å². The molecule has 2 aromatic carbocycles. The highest BCUT2D eigenvalue weighted by atomic mass is 16.6. The molecular weight excluding hydrogens is 480 g/mol. The Kier molecular flexibility index (Phi) is 10.0. The minimum Gasteiger partial charge on any atom is -0.493 e. The van der Waals surface area contributed by atoms with E-state index in [1.165, 1.54) is 0 Å². The number of carbonyl (C=O) groups is 2. The van der Waals surface area contributed by atoms with Gasteiger partial charge in [-0.2, -0.15) is 0 Å². The zero-order chi connectivity index (χ0) is 27.5. The summed E-state index contributed by atoms with van der Waals surface area (Å²) in [6.45, 7) is 15.8. The van der Waals surface area contributed by atoms with Gasteiger partial charge in [0.1, 0.15) is 24.7 Å². The van der Waals surface area contributed by atoms with Gasteiger partial charge in [-0.05, 0) is 61.2 Å². The maximum Gasteiger partial charge on any atom is 0.338 e. The maximum atomic E-state index is 11.9. The molecular formula is C32H34O6. The number of carbonyl (C=O) groups excluding carboxylic acids is 2. The third-order valence-corrected chi connectivity index (χ3v) is 5.84. The molecule has 1 aliphatic rings. The fraction of sp³-hybridized carbons (Fsp3) is 0.250. The Labute approximate surface area is 224 Å². The summed E-state index contributed by atoms with van der Waals surface area (Å²) in [5.74, 6) is 0.323. The molecule has 0 N–H and O–H groups in total. The van der Waals surface area contributed by atoms with Gasteiger partial charge in [-0.1, -0.05) is 68.3 Å². The van der Waals surface area contributed by atoms with Crippen LogP contribution in [0.15, 0.2) is 104 Å². The van der Waals surface area contributed by atoms with Gasteiger partial charge in [-0.3, -0.25) is 0 Å². The first kappa shape index (κ1) is 28.4. The molecule has 38 heavy (non-hydrogen) atoms. The van der Waals surface area contributed by atoms with E-state index in [2.05, 4.69) is 25.8 Å². The molecule has 0 amide bonds. The summed E-state index contributed by atoms with van der Waals surface area (Å²) in [7, 11) is 0. The van der Waals surface area contributed by atoms with Crippen molar-refractivity contribution in [3.05, 3.63) is 115 Å². The lowest BCUT2D eigenvalue weighted by Crippen LogP contribution is -2.51. The second kappa shape index (κ2) is 13.4. The molecule has 0 radical (unpaired) electrons. The van der Waals surface area contributed by atoms with E-state index in [-0.39, 0.29) is 12.0 Å². The Balaban J connectivity index is 1.64. The molecule has 1 aliphatic heterocycles. The number of ether oxygens (including phenoxy) is 4. The molecule has 0 atom stereocenters. The molecule has 3 rings (SSSR count). The average molecular weight is 515 g/mol. The van der Waals surface area contributed by atoms with Crippen molar-refractivity contribution in [3.63, 3.8) is 0 Å². The molecule has 6 nitrogen and oxygen atoms in total. The van der Waals surface area contributed by atoms with E-state index in [9.17, 15) is 9.59 Å². The van der Waals surface area contributed by atoms with Crippen LogP contribution >= 0.6 is 0 Å². The Bertz CT molecular complexity index is 1240. The summed E-state index contributed by atoms with van der Waals surface area (Å²) in [6.07, 6.45) is 8.33. The van der Waals surface area contributed by atoms with Crippen LogP contribution in [0.1, 0.15) is 25.0 Å². The van der Waals surface area contributed by atoms with Crippen molar-refractivity contribution in [1.29, 1.82) is 0 Å². The van der Waals surface area contributed by atoms with Crippen LogP contribution in [-0.2, 0) is 25.5 Å². The molecule has 1 fully saturated rings. The summed E-state index contributed by atoms with van der Waals surface area (Å²) in [4.78, 5) is 23.6. The molecule has 2 aromatic rings. The van der Waals surface area contributed by atoms with Gasteiger partial charge in [0, 0.05) is 11.1 Å². The Hall–Kier alpha value is -4.16. The zero-order valence-electron chi connectivity index (χ0n) is 22.0. The lowest BCUT2D eigenvalue weighted by molar-refractivity contribution is -0.174. The molecule has 0 aliphatic carbocycles. The third-order valence-electron chi connectivity index (χ3n) is 5.84. The van der Waals surface area contributed by atoms with Crippen LogP contribution in [0.25, 0.3) is 5.57 Å². The SMILES string of the molecule is C=C/C=C\C(=C/Cc1ccc(OCC2(COC(=O)C(=C)C)COC2)cc1)c1cccc(OC(=O)C(=C)C)c1. The predicted molar refractivity (Wildman–Crippen MR) is 149 cm³/mol. The van der Waals surface area contributed by atoms with Crippen molar-refractivity contribution in [2.45, 2.75) is 20.3 Å². The number of rotatable bonds is 13. The Morgan fingerprint density at radius 1 is 0.974 bits per heavy atom. The van der Waals surface area contributed by atoms with Gasteiger partial charge in [-0.25, -0.2) is 9.59 Å². The van der Waals surface area contributed by atoms with Crippen LogP contribution in [0.2, 0.25) is 0 Å². The second-order valence-electron chi connectivity index (χ2n) is 9.44. The Morgan fingerprint density at radius 2 is 1.68 bits per heavy atom. The number of hydrogen-bond acceptors (Lipinski definition) is 6. The van der Waals surface area contributed by atoms with E-state index >= 15 is 0 Å². The van der Waals surface area contributed by atoms with E-state index in [1.54, 1.807) is 26.0 Å². The number of esters is 2. The molecule has 0 bridgehead atoms. The first-order valence-electron chi connectivity index (χ1n) is 12.3. The first-order valence-corrected chi connectivity index (χ1v) is 12.3. The number of allylic oxidation sites excluding steroid dienone is 5. The van der Waals surface area contributed by atoms with Crippen molar-refractivity contribution in [1.82, 2.24) is 0 Å². The van der Waals surface area contributed by atoms with Gasteiger partial charge in [0.2, 0.25) is 0 Å². The standard InChI is InChI=1S/C32H34O6/c1-6-7-9-26(27-10-8-11-29(18-27)38-31(34)24(4)5)15-12-25-13-16-28(17-14-25)36-21-32(19-35-20-32)22-37-30(33)23(2)3/h6-11,13-18H,1-2,4,12,19-22H2,3,5H3/b9-7-,26-15+. The van der Waals surface area contributed by atoms with Gasteiger partial charge >= 0.3 is 11.9 Å². The highest BCUT2D eigenvalue weighted by Gasteiger charge is 2.41. The zero-order valence-corrected chi connectivity index (χ0v) is 22.0. The molecule has 6 heteroatoms. The third kappa shape index (κ3) is 8.18.